The van der Waals surface area contributed by atoms with Crippen LogP contribution in [0.25, 0.3) is 22.5 Å². The number of rotatable bonds is 8. The number of pyridine rings is 1. The van der Waals surface area contributed by atoms with E-state index in [4.69, 9.17) is 9.47 Å². The highest BCUT2D eigenvalue weighted by Crippen LogP contribution is 2.42. The third kappa shape index (κ3) is 6.00. The summed E-state index contributed by atoms with van der Waals surface area (Å²) in [4.78, 5) is 3.95. The summed E-state index contributed by atoms with van der Waals surface area (Å²) >= 11 is 0.748. The quantitative estimate of drug-likeness (QED) is 0.130. The number of thioether (sulfide) groups is 1. The molecule has 19 heteroatoms. The van der Waals surface area contributed by atoms with Gasteiger partial charge in [-0.25, -0.2) is 22.5 Å². The standard InChI is InChI=1S/C27H28F3N7O8S/c28-13-5-12(6-14(29)19(13)30)16-8-37(35-33-16)21-23(41)18(10-39)45-27(25(21)43)46-26-24(42)20(22(40)17(9-38)44-26)36-7-15(32-34-36)11-1-3-31-4-2-11/h1-8,17-18,20-27,38-43H,9-10H2/t17-,18?,20?,21?,22?,23+,24-,25?,26+,27+/m1/s1. The Bertz CT molecular complexity index is 1630. The smallest absolute Gasteiger partial charge is 0.194 e. The van der Waals surface area contributed by atoms with E-state index in [0.717, 1.165) is 22.6 Å². The van der Waals surface area contributed by atoms with Crippen molar-refractivity contribution in [1.82, 2.24) is 35.0 Å². The van der Waals surface area contributed by atoms with Crippen molar-refractivity contribution < 1.29 is 53.3 Å². The number of nitrogens with zero attached hydrogens (tertiary/aromatic N) is 7. The van der Waals surface area contributed by atoms with Crippen LogP contribution in [-0.4, -0.2) is 126 Å². The predicted molar refractivity (Wildman–Crippen MR) is 150 cm³/mol. The Hall–Kier alpha value is -3.53. The van der Waals surface area contributed by atoms with E-state index in [1.165, 1.54) is 10.9 Å². The molecule has 2 aliphatic rings. The van der Waals surface area contributed by atoms with E-state index in [1.54, 1.807) is 24.5 Å². The SMILES string of the molecule is OCC1O[C@@H](S[C@@H]2O[C@H](CO)C(O)C(n3cc(-c4ccncc4)nn3)[C@H]2O)C(O)C(n2cc(-c3cc(F)c(F)c(F)c3)nn2)[C@H]1O. The summed E-state index contributed by atoms with van der Waals surface area (Å²) in [5.74, 6) is -4.58. The summed E-state index contributed by atoms with van der Waals surface area (Å²) in [6.07, 6.45) is -2.83. The van der Waals surface area contributed by atoms with E-state index in [9.17, 15) is 43.8 Å². The maximum Gasteiger partial charge on any atom is 0.194 e. The maximum atomic E-state index is 13.8. The van der Waals surface area contributed by atoms with Crippen LogP contribution in [0, 0.1) is 17.5 Å². The molecule has 0 amide bonds. The van der Waals surface area contributed by atoms with Gasteiger partial charge < -0.3 is 40.1 Å². The summed E-state index contributed by atoms with van der Waals surface area (Å²) in [5.41, 5.74) is -1.75. The minimum atomic E-state index is -1.67. The number of hydrogen-bond acceptors (Lipinski definition) is 14. The Morgan fingerprint density at radius 2 is 1.15 bits per heavy atom. The van der Waals surface area contributed by atoms with Gasteiger partial charge in [0.1, 0.15) is 71.0 Å². The fourth-order valence-corrected chi connectivity index (χ4v) is 6.78. The Kier molecular flexibility index (Phi) is 9.37. The fourth-order valence-electron chi connectivity index (χ4n) is 5.45. The van der Waals surface area contributed by atoms with Crippen molar-refractivity contribution in [2.24, 2.45) is 0 Å². The fraction of sp³-hybridized carbons (Fsp3) is 0.444. The molecule has 0 aliphatic carbocycles. The molecule has 6 rings (SSSR count). The van der Waals surface area contributed by atoms with Crippen molar-refractivity contribution in [2.75, 3.05) is 13.2 Å². The second-order valence-corrected chi connectivity index (χ2v) is 11.9. The Labute approximate surface area is 261 Å². The number of aliphatic hydroxyl groups is 6. The molecule has 6 N–H and O–H groups in total. The number of aromatic nitrogens is 7. The first-order valence-corrected chi connectivity index (χ1v) is 14.8. The van der Waals surface area contributed by atoms with E-state index < -0.39 is 90.2 Å². The van der Waals surface area contributed by atoms with Gasteiger partial charge in [0.15, 0.2) is 17.5 Å². The first-order valence-electron chi connectivity index (χ1n) is 13.9. The van der Waals surface area contributed by atoms with Crippen LogP contribution in [0.4, 0.5) is 13.2 Å². The zero-order valence-electron chi connectivity index (χ0n) is 23.5. The molecule has 0 saturated carbocycles. The molecule has 246 valence electrons. The van der Waals surface area contributed by atoms with Crippen LogP contribution in [0.5, 0.6) is 0 Å². The van der Waals surface area contributed by atoms with Crippen molar-refractivity contribution >= 4 is 11.8 Å². The van der Waals surface area contributed by atoms with Crippen LogP contribution in [0.3, 0.4) is 0 Å². The van der Waals surface area contributed by atoms with Gasteiger partial charge in [-0.1, -0.05) is 22.2 Å². The van der Waals surface area contributed by atoms with Crippen LogP contribution in [0.15, 0.2) is 49.1 Å². The Balaban J connectivity index is 1.25. The third-order valence-corrected chi connectivity index (χ3v) is 9.17. The Morgan fingerprint density at radius 1 is 0.696 bits per heavy atom. The highest BCUT2D eigenvalue weighted by atomic mass is 32.2. The van der Waals surface area contributed by atoms with E-state index >= 15 is 0 Å². The summed E-state index contributed by atoms with van der Waals surface area (Å²) in [6.45, 7) is -1.35. The van der Waals surface area contributed by atoms with Crippen LogP contribution in [-0.2, 0) is 9.47 Å². The van der Waals surface area contributed by atoms with Gasteiger partial charge in [-0.2, -0.15) is 0 Å². The second kappa shape index (κ2) is 13.3. The summed E-state index contributed by atoms with van der Waals surface area (Å²) in [7, 11) is 0. The monoisotopic (exact) mass is 667 g/mol. The molecule has 46 heavy (non-hydrogen) atoms. The van der Waals surface area contributed by atoms with Gasteiger partial charge in [0.05, 0.1) is 25.6 Å². The predicted octanol–water partition coefficient (Wildman–Crippen LogP) is -0.591. The number of benzene rings is 1. The number of halogens is 3. The molecule has 0 bridgehead atoms. The zero-order chi connectivity index (χ0) is 32.7. The second-order valence-electron chi connectivity index (χ2n) is 10.7. The molecule has 2 aliphatic heterocycles. The van der Waals surface area contributed by atoms with Gasteiger partial charge in [0.25, 0.3) is 0 Å². The molecule has 4 aromatic rings. The van der Waals surface area contributed by atoms with Crippen LogP contribution < -0.4 is 0 Å². The molecule has 5 heterocycles. The van der Waals surface area contributed by atoms with Gasteiger partial charge in [0, 0.05) is 23.5 Å². The van der Waals surface area contributed by atoms with Gasteiger partial charge >= 0.3 is 0 Å². The third-order valence-electron chi connectivity index (χ3n) is 7.85. The van der Waals surface area contributed by atoms with Crippen molar-refractivity contribution in [3.05, 3.63) is 66.5 Å². The number of ether oxygens (including phenoxy) is 2. The lowest BCUT2D eigenvalue weighted by atomic mass is 9.97. The number of hydrogen-bond donors (Lipinski definition) is 6. The zero-order valence-corrected chi connectivity index (χ0v) is 24.3. The highest BCUT2D eigenvalue weighted by molar-refractivity contribution is 8.00. The van der Waals surface area contributed by atoms with Crippen LogP contribution in [0.2, 0.25) is 0 Å². The molecule has 2 fully saturated rings. The van der Waals surface area contributed by atoms with Crippen molar-refractivity contribution in [3.8, 4) is 22.5 Å². The van der Waals surface area contributed by atoms with Crippen LogP contribution >= 0.6 is 11.8 Å². The molecular weight excluding hydrogens is 639 g/mol. The largest absolute Gasteiger partial charge is 0.394 e. The minimum absolute atomic E-state index is 0.110. The maximum absolute atomic E-state index is 13.8. The van der Waals surface area contributed by atoms with Gasteiger partial charge in [0.2, 0.25) is 0 Å². The first kappa shape index (κ1) is 32.4. The van der Waals surface area contributed by atoms with Crippen LogP contribution in [0.1, 0.15) is 12.1 Å². The summed E-state index contributed by atoms with van der Waals surface area (Å²) in [5, 5.41) is 80.4. The lowest BCUT2D eigenvalue weighted by Crippen LogP contribution is -2.58. The number of aliphatic hydroxyl groups excluding tert-OH is 6. The lowest BCUT2D eigenvalue weighted by molar-refractivity contribution is -0.189. The first-order chi connectivity index (χ1) is 22.1. The Morgan fingerprint density at radius 3 is 1.61 bits per heavy atom. The summed E-state index contributed by atoms with van der Waals surface area (Å²) in [6, 6.07) is 2.29. The molecular formula is C27H28F3N7O8S. The summed E-state index contributed by atoms with van der Waals surface area (Å²) < 4.78 is 54.9. The van der Waals surface area contributed by atoms with E-state index in [0.29, 0.717) is 23.4 Å². The molecule has 1 aromatic carbocycles. The van der Waals surface area contributed by atoms with Crippen molar-refractivity contribution in [1.29, 1.82) is 0 Å². The normalized spacial score (nSPS) is 31.7. The lowest BCUT2D eigenvalue weighted by Gasteiger charge is -2.46. The molecule has 3 aromatic heterocycles. The van der Waals surface area contributed by atoms with E-state index in [-0.39, 0.29) is 11.3 Å². The van der Waals surface area contributed by atoms with Crippen molar-refractivity contribution in [2.45, 2.75) is 59.6 Å². The molecule has 10 atom stereocenters. The van der Waals surface area contributed by atoms with Gasteiger partial charge in [-0.3, -0.25) is 4.98 Å². The molecule has 2 saturated heterocycles. The van der Waals surface area contributed by atoms with Gasteiger partial charge in [-0.15, -0.1) is 10.2 Å². The highest BCUT2D eigenvalue weighted by Gasteiger charge is 2.51. The topological polar surface area (TPSA) is 214 Å². The molecule has 0 spiro atoms. The van der Waals surface area contributed by atoms with Gasteiger partial charge in [-0.05, 0) is 24.3 Å². The molecule has 0 radical (unpaired) electrons. The van der Waals surface area contributed by atoms with E-state index in [1.807, 2.05) is 0 Å². The van der Waals surface area contributed by atoms with E-state index in [2.05, 4.69) is 25.6 Å². The molecule has 15 nitrogen and oxygen atoms in total. The average molecular weight is 668 g/mol. The molecule has 5 unspecified atom stereocenters. The average Bonchev–Trinajstić information content (AvgIpc) is 3.74. The minimum Gasteiger partial charge on any atom is -0.394 e. The van der Waals surface area contributed by atoms with Crippen molar-refractivity contribution in [3.63, 3.8) is 0 Å².